The zero-order valence-corrected chi connectivity index (χ0v) is 9.76. The van der Waals surface area contributed by atoms with Crippen LogP contribution < -0.4 is 5.73 Å². The molecule has 0 saturated carbocycles. The number of aliphatic hydroxyl groups is 1. The Labute approximate surface area is 95.9 Å². The van der Waals surface area contributed by atoms with E-state index in [2.05, 4.69) is 14.5 Å². The molecule has 3 N–H and O–H groups in total. The standard InChI is InChI=1S/C11H20N4O/c1-11(16,9-12)2-4-14-6-7-15-5-3-13-10(15)8-14/h3,5,16H,2,4,6-9,12H2,1H3. The van der Waals surface area contributed by atoms with Crippen LogP contribution in [0.3, 0.4) is 0 Å². The van der Waals surface area contributed by atoms with Gasteiger partial charge in [-0.25, -0.2) is 4.98 Å². The van der Waals surface area contributed by atoms with Crippen molar-refractivity contribution in [1.82, 2.24) is 14.5 Å². The summed E-state index contributed by atoms with van der Waals surface area (Å²) in [5.41, 5.74) is 4.75. The van der Waals surface area contributed by atoms with Gasteiger partial charge in [-0.1, -0.05) is 0 Å². The molecule has 90 valence electrons. The van der Waals surface area contributed by atoms with Gasteiger partial charge < -0.3 is 15.4 Å². The highest BCUT2D eigenvalue weighted by Gasteiger charge is 2.22. The molecule has 0 aromatic carbocycles. The van der Waals surface area contributed by atoms with Crippen LogP contribution in [0.4, 0.5) is 0 Å². The minimum absolute atomic E-state index is 0.315. The lowest BCUT2D eigenvalue weighted by atomic mass is 10.0. The molecule has 0 spiro atoms. The number of hydrogen-bond acceptors (Lipinski definition) is 4. The lowest BCUT2D eigenvalue weighted by molar-refractivity contribution is 0.0439. The van der Waals surface area contributed by atoms with Crippen LogP contribution in [-0.2, 0) is 13.1 Å². The van der Waals surface area contributed by atoms with E-state index in [0.717, 1.165) is 32.0 Å². The van der Waals surface area contributed by atoms with Gasteiger partial charge in [0.15, 0.2) is 0 Å². The van der Waals surface area contributed by atoms with Gasteiger partial charge in [-0.15, -0.1) is 0 Å². The molecule has 0 aliphatic carbocycles. The van der Waals surface area contributed by atoms with E-state index >= 15 is 0 Å². The fraction of sp³-hybridized carbons (Fsp3) is 0.727. The SMILES string of the molecule is CC(O)(CN)CCN1CCn2ccnc2C1. The Bertz CT molecular complexity index is 348. The first-order valence-electron chi connectivity index (χ1n) is 5.75. The summed E-state index contributed by atoms with van der Waals surface area (Å²) in [6, 6.07) is 0. The predicted octanol–water partition coefficient (Wildman–Crippen LogP) is -0.201. The highest BCUT2D eigenvalue weighted by molar-refractivity contribution is 4.95. The molecule has 1 aromatic heterocycles. The lowest BCUT2D eigenvalue weighted by Gasteiger charge is -2.30. The number of imidazole rings is 1. The summed E-state index contributed by atoms with van der Waals surface area (Å²) in [7, 11) is 0. The topological polar surface area (TPSA) is 67.3 Å². The Morgan fingerprint density at radius 2 is 2.38 bits per heavy atom. The third-order valence-electron chi connectivity index (χ3n) is 3.23. The van der Waals surface area contributed by atoms with E-state index < -0.39 is 5.60 Å². The summed E-state index contributed by atoms with van der Waals surface area (Å²) in [5, 5.41) is 9.84. The van der Waals surface area contributed by atoms with Gasteiger partial charge in [0.1, 0.15) is 5.82 Å². The van der Waals surface area contributed by atoms with E-state index in [0.29, 0.717) is 13.0 Å². The first-order valence-corrected chi connectivity index (χ1v) is 5.75. The van der Waals surface area contributed by atoms with Crippen molar-refractivity contribution in [3.05, 3.63) is 18.2 Å². The van der Waals surface area contributed by atoms with Crippen molar-refractivity contribution < 1.29 is 5.11 Å². The second kappa shape index (κ2) is 4.53. The van der Waals surface area contributed by atoms with Crippen LogP contribution in [0.5, 0.6) is 0 Å². The molecule has 0 bridgehead atoms. The normalized spacial score (nSPS) is 20.4. The highest BCUT2D eigenvalue weighted by atomic mass is 16.3. The molecule has 1 unspecified atom stereocenters. The summed E-state index contributed by atoms with van der Waals surface area (Å²) >= 11 is 0. The second-order valence-electron chi connectivity index (χ2n) is 4.76. The Kier molecular flexibility index (Phi) is 3.28. The maximum Gasteiger partial charge on any atom is 0.122 e. The number of aromatic nitrogens is 2. The molecule has 0 amide bonds. The third-order valence-corrected chi connectivity index (χ3v) is 3.23. The minimum atomic E-state index is -0.743. The number of rotatable bonds is 4. The molecular formula is C11H20N4O. The van der Waals surface area contributed by atoms with Crippen molar-refractivity contribution in [2.45, 2.75) is 32.0 Å². The van der Waals surface area contributed by atoms with Gasteiger partial charge in [-0.3, -0.25) is 4.90 Å². The van der Waals surface area contributed by atoms with E-state index in [-0.39, 0.29) is 0 Å². The van der Waals surface area contributed by atoms with Crippen LogP contribution in [-0.4, -0.2) is 44.8 Å². The largest absolute Gasteiger partial charge is 0.389 e. The molecule has 1 aromatic rings. The van der Waals surface area contributed by atoms with Gasteiger partial charge in [-0.05, 0) is 13.3 Å². The maximum atomic E-state index is 9.84. The molecule has 0 saturated heterocycles. The van der Waals surface area contributed by atoms with Crippen molar-refractivity contribution in [3.63, 3.8) is 0 Å². The summed E-state index contributed by atoms with van der Waals surface area (Å²) in [5.74, 6) is 1.11. The Balaban J connectivity index is 1.86. The van der Waals surface area contributed by atoms with Gasteiger partial charge in [-0.2, -0.15) is 0 Å². The zero-order chi connectivity index (χ0) is 11.6. The van der Waals surface area contributed by atoms with Crippen LogP contribution in [0, 0.1) is 0 Å². The number of nitrogens with two attached hydrogens (primary N) is 1. The maximum absolute atomic E-state index is 9.84. The highest BCUT2D eigenvalue weighted by Crippen LogP contribution is 2.13. The first-order chi connectivity index (χ1) is 7.61. The average molecular weight is 224 g/mol. The second-order valence-corrected chi connectivity index (χ2v) is 4.76. The summed E-state index contributed by atoms with van der Waals surface area (Å²) in [4.78, 5) is 6.62. The number of fused-ring (bicyclic) bond motifs is 1. The van der Waals surface area contributed by atoms with Crippen LogP contribution >= 0.6 is 0 Å². The number of nitrogens with zero attached hydrogens (tertiary/aromatic N) is 3. The Morgan fingerprint density at radius 3 is 3.12 bits per heavy atom. The fourth-order valence-corrected chi connectivity index (χ4v) is 1.92. The predicted molar refractivity (Wildman–Crippen MR) is 61.8 cm³/mol. The van der Waals surface area contributed by atoms with Crippen LogP contribution in [0.15, 0.2) is 12.4 Å². The summed E-state index contributed by atoms with van der Waals surface area (Å²) < 4.78 is 2.18. The smallest absolute Gasteiger partial charge is 0.122 e. The van der Waals surface area contributed by atoms with Crippen LogP contribution in [0.1, 0.15) is 19.2 Å². The molecule has 1 aliphatic heterocycles. The van der Waals surface area contributed by atoms with Gasteiger partial charge >= 0.3 is 0 Å². The van der Waals surface area contributed by atoms with E-state index in [9.17, 15) is 5.11 Å². The summed E-state index contributed by atoms with van der Waals surface area (Å²) in [6.07, 6.45) is 4.57. The molecule has 2 rings (SSSR count). The van der Waals surface area contributed by atoms with Gasteiger partial charge in [0.05, 0.1) is 12.1 Å². The molecule has 1 aliphatic rings. The lowest BCUT2D eigenvalue weighted by Crippen LogP contribution is -2.41. The first kappa shape index (κ1) is 11.6. The molecule has 5 nitrogen and oxygen atoms in total. The zero-order valence-electron chi connectivity index (χ0n) is 9.76. The minimum Gasteiger partial charge on any atom is -0.389 e. The van der Waals surface area contributed by atoms with Gasteiger partial charge in [0.25, 0.3) is 0 Å². The fourth-order valence-electron chi connectivity index (χ4n) is 1.92. The van der Waals surface area contributed by atoms with Crippen LogP contribution in [0.25, 0.3) is 0 Å². The van der Waals surface area contributed by atoms with Gasteiger partial charge in [0.2, 0.25) is 0 Å². The Hall–Kier alpha value is -0.910. The third kappa shape index (κ3) is 2.61. The molecule has 0 radical (unpaired) electrons. The molecule has 2 heterocycles. The van der Waals surface area contributed by atoms with E-state index in [1.165, 1.54) is 0 Å². The summed E-state index contributed by atoms with van der Waals surface area (Å²) in [6.45, 7) is 5.85. The molecule has 16 heavy (non-hydrogen) atoms. The average Bonchev–Trinajstić information content (AvgIpc) is 2.73. The van der Waals surface area contributed by atoms with E-state index in [4.69, 9.17) is 5.73 Å². The van der Waals surface area contributed by atoms with E-state index in [1.54, 1.807) is 6.92 Å². The number of hydrogen-bond donors (Lipinski definition) is 2. The van der Waals surface area contributed by atoms with Crippen molar-refractivity contribution in [2.24, 2.45) is 5.73 Å². The molecule has 0 fully saturated rings. The van der Waals surface area contributed by atoms with Crippen molar-refractivity contribution in [2.75, 3.05) is 19.6 Å². The van der Waals surface area contributed by atoms with Crippen molar-refractivity contribution >= 4 is 0 Å². The molecule has 5 heteroatoms. The molecule has 1 atom stereocenters. The van der Waals surface area contributed by atoms with Crippen LogP contribution in [0.2, 0.25) is 0 Å². The Morgan fingerprint density at radius 1 is 1.56 bits per heavy atom. The molecular weight excluding hydrogens is 204 g/mol. The quantitative estimate of drug-likeness (QED) is 0.743. The van der Waals surface area contributed by atoms with Gasteiger partial charge in [0, 0.05) is 38.6 Å². The van der Waals surface area contributed by atoms with E-state index in [1.807, 2.05) is 12.4 Å². The van der Waals surface area contributed by atoms with Crippen molar-refractivity contribution in [3.8, 4) is 0 Å². The monoisotopic (exact) mass is 224 g/mol. The van der Waals surface area contributed by atoms with Crippen molar-refractivity contribution in [1.29, 1.82) is 0 Å².